The highest BCUT2D eigenvalue weighted by Crippen LogP contribution is 2.21. The van der Waals surface area contributed by atoms with Crippen LogP contribution in [0.5, 0.6) is 0 Å². The molecule has 24 heavy (non-hydrogen) atoms. The lowest BCUT2D eigenvalue weighted by atomic mass is 10.1. The molecule has 3 rings (SSSR count). The first-order valence-corrected chi connectivity index (χ1v) is 9.22. The first kappa shape index (κ1) is 16.9. The van der Waals surface area contributed by atoms with Crippen LogP contribution < -0.4 is 15.5 Å². The number of urea groups is 1. The van der Waals surface area contributed by atoms with Crippen LogP contribution in [0, 0.1) is 5.82 Å². The van der Waals surface area contributed by atoms with Crippen LogP contribution in [0.4, 0.5) is 14.9 Å². The van der Waals surface area contributed by atoms with Crippen molar-refractivity contribution in [2.45, 2.75) is 31.8 Å². The van der Waals surface area contributed by atoms with Gasteiger partial charge in [-0.25, -0.2) is 9.18 Å². The molecule has 2 amide bonds. The molecule has 4 nitrogen and oxygen atoms in total. The number of quaternary nitrogens is 1. The quantitative estimate of drug-likeness (QED) is 0.764. The van der Waals surface area contributed by atoms with E-state index in [-0.39, 0.29) is 23.9 Å². The summed E-state index contributed by atoms with van der Waals surface area (Å²) in [7, 11) is 0. The largest absolute Gasteiger partial charge is 0.329 e. The van der Waals surface area contributed by atoms with Crippen molar-refractivity contribution in [1.29, 1.82) is 0 Å². The van der Waals surface area contributed by atoms with Crippen molar-refractivity contribution in [3.05, 3.63) is 52.5 Å². The van der Waals surface area contributed by atoms with Crippen LogP contribution in [0.15, 0.2) is 41.8 Å². The number of halogens is 1. The highest BCUT2D eigenvalue weighted by molar-refractivity contribution is 7.10. The first-order valence-electron chi connectivity index (χ1n) is 8.34. The molecule has 1 aromatic carbocycles. The minimum absolute atomic E-state index is 0.0113. The van der Waals surface area contributed by atoms with Crippen molar-refractivity contribution >= 4 is 23.1 Å². The molecule has 0 aliphatic carbocycles. The number of rotatable bonds is 5. The molecule has 0 spiro atoms. The van der Waals surface area contributed by atoms with Gasteiger partial charge in [0.15, 0.2) is 0 Å². The van der Waals surface area contributed by atoms with Gasteiger partial charge in [0.2, 0.25) is 0 Å². The molecule has 0 saturated carbocycles. The molecule has 0 unspecified atom stereocenters. The minimum Gasteiger partial charge on any atom is -0.329 e. The van der Waals surface area contributed by atoms with Gasteiger partial charge in [0, 0.05) is 18.5 Å². The van der Waals surface area contributed by atoms with E-state index < -0.39 is 0 Å². The second-order valence-electron chi connectivity index (χ2n) is 6.25. The van der Waals surface area contributed by atoms with Crippen molar-refractivity contribution < 1.29 is 14.1 Å². The Morgan fingerprint density at radius 1 is 1.21 bits per heavy atom. The number of likely N-dealkylation sites (tertiary alicyclic amines) is 1. The number of anilines is 1. The molecule has 0 radical (unpaired) electrons. The Hall–Kier alpha value is -1.92. The zero-order valence-electron chi connectivity index (χ0n) is 13.7. The normalized spacial score (nSPS) is 17.4. The van der Waals surface area contributed by atoms with Gasteiger partial charge in [-0.2, -0.15) is 0 Å². The van der Waals surface area contributed by atoms with Gasteiger partial charge in [-0.1, -0.05) is 6.07 Å². The fourth-order valence-electron chi connectivity index (χ4n) is 3.40. The van der Waals surface area contributed by atoms with Crippen LogP contribution >= 0.6 is 11.3 Å². The molecule has 6 heteroatoms. The lowest BCUT2D eigenvalue weighted by Crippen LogP contribution is -3.11. The summed E-state index contributed by atoms with van der Waals surface area (Å²) in [6, 6.07) is 10.0. The molecular weight excluding hydrogens is 325 g/mol. The zero-order chi connectivity index (χ0) is 16.9. The van der Waals surface area contributed by atoms with Crippen molar-refractivity contribution in [1.82, 2.24) is 5.32 Å². The van der Waals surface area contributed by atoms with E-state index in [0.29, 0.717) is 5.69 Å². The molecule has 1 fully saturated rings. The second-order valence-corrected chi connectivity index (χ2v) is 7.23. The maximum Gasteiger partial charge on any atom is 0.319 e. The fraction of sp³-hybridized carbons (Fsp3) is 0.389. The second kappa shape index (κ2) is 7.77. The number of nitrogens with one attached hydrogen (secondary N) is 3. The molecule has 1 aliphatic heterocycles. The van der Waals surface area contributed by atoms with Gasteiger partial charge in [0.1, 0.15) is 11.9 Å². The number of hydrogen-bond donors (Lipinski definition) is 3. The summed E-state index contributed by atoms with van der Waals surface area (Å²) in [5.41, 5.74) is 0.585. The van der Waals surface area contributed by atoms with Crippen LogP contribution in [0.25, 0.3) is 0 Å². The van der Waals surface area contributed by atoms with Gasteiger partial charge >= 0.3 is 6.03 Å². The summed E-state index contributed by atoms with van der Waals surface area (Å²) < 4.78 is 12.9. The van der Waals surface area contributed by atoms with Gasteiger partial charge in [-0.3, -0.25) is 0 Å². The number of carbonyl (C=O) groups excluding carboxylic acids is 1. The lowest BCUT2D eigenvalue weighted by Gasteiger charge is -2.29. The Labute approximate surface area is 145 Å². The molecule has 2 atom stereocenters. The van der Waals surface area contributed by atoms with E-state index in [4.69, 9.17) is 0 Å². The molecule has 2 heterocycles. The summed E-state index contributed by atoms with van der Waals surface area (Å²) in [4.78, 5) is 15.1. The van der Waals surface area contributed by atoms with E-state index in [1.807, 2.05) is 0 Å². The molecule has 128 valence electrons. The topological polar surface area (TPSA) is 45.6 Å². The Morgan fingerprint density at radius 2 is 1.92 bits per heavy atom. The Balaban J connectivity index is 1.65. The molecule has 2 aromatic rings. The minimum atomic E-state index is -0.315. The van der Waals surface area contributed by atoms with Crippen LogP contribution in [0.2, 0.25) is 0 Å². The molecule has 1 aromatic heterocycles. The van der Waals surface area contributed by atoms with Crippen molar-refractivity contribution in [2.24, 2.45) is 0 Å². The molecule has 0 bridgehead atoms. The number of thiophene rings is 1. The average Bonchev–Trinajstić information content (AvgIpc) is 3.24. The number of amides is 2. The van der Waals surface area contributed by atoms with E-state index in [0.717, 1.165) is 13.1 Å². The number of benzene rings is 1. The number of carbonyl (C=O) groups is 1. The smallest absolute Gasteiger partial charge is 0.319 e. The summed E-state index contributed by atoms with van der Waals surface area (Å²) >= 11 is 1.74. The van der Waals surface area contributed by atoms with Crippen molar-refractivity contribution in [2.75, 3.05) is 18.4 Å². The fourth-order valence-corrected chi connectivity index (χ4v) is 4.39. The maximum absolute atomic E-state index is 12.9. The number of hydrogen-bond acceptors (Lipinski definition) is 2. The molecular formula is C18H23FN3OS+. The Morgan fingerprint density at radius 3 is 2.54 bits per heavy atom. The van der Waals surface area contributed by atoms with E-state index in [9.17, 15) is 9.18 Å². The van der Waals surface area contributed by atoms with Gasteiger partial charge in [-0.15, -0.1) is 11.3 Å². The third-order valence-electron chi connectivity index (χ3n) is 4.50. The summed E-state index contributed by atoms with van der Waals surface area (Å²) in [6.07, 6.45) is 2.48. The average molecular weight is 348 g/mol. The van der Waals surface area contributed by atoms with Crippen LogP contribution in [0.3, 0.4) is 0 Å². The van der Waals surface area contributed by atoms with Gasteiger partial charge in [-0.05, 0) is 42.6 Å². The summed E-state index contributed by atoms with van der Waals surface area (Å²) in [6.45, 7) is 4.35. The highest BCUT2D eigenvalue weighted by atomic mass is 32.1. The first-order chi connectivity index (χ1) is 11.6. The molecule has 3 N–H and O–H groups in total. The van der Waals surface area contributed by atoms with E-state index in [1.54, 1.807) is 23.5 Å². The van der Waals surface area contributed by atoms with Crippen LogP contribution in [-0.4, -0.2) is 25.2 Å². The standard InChI is InChI=1S/C18H22FN3OS/c1-13(20-18(23)21-15-8-6-14(19)7-9-15)17(16-5-4-12-24-16)22-10-2-3-11-22/h4-9,12-13,17H,2-3,10-11H2,1H3,(H2,20,21,23)/p+1/t13-,17+/m1/s1. The monoisotopic (exact) mass is 348 g/mol. The summed E-state index contributed by atoms with van der Waals surface area (Å²) in [5.74, 6) is -0.315. The Bertz CT molecular complexity index is 653. The van der Waals surface area contributed by atoms with Crippen LogP contribution in [0.1, 0.15) is 30.7 Å². The van der Waals surface area contributed by atoms with Crippen molar-refractivity contribution in [3.63, 3.8) is 0 Å². The Kier molecular flexibility index (Phi) is 5.48. The van der Waals surface area contributed by atoms with Gasteiger partial charge in [0.05, 0.1) is 24.0 Å². The SMILES string of the molecule is C[C@@H](NC(=O)Nc1ccc(F)cc1)[C@@H](c1cccs1)[NH+]1CCCC1. The lowest BCUT2D eigenvalue weighted by molar-refractivity contribution is -0.920. The highest BCUT2D eigenvalue weighted by Gasteiger charge is 2.33. The third-order valence-corrected chi connectivity index (χ3v) is 5.45. The van der Waals surface area contributed by atoms with Crippen molar-refractivity contribution in [3.8, 4) is 0 Å². The predicted octanol–water partition coefficient (Wildman–Crippen LogP) is 2.82. The maximum atomic E-state index is 12.9. The van der Waals surface area contributed by atoms with Gasteiger partial charge < -0.3 is 15.5 Å². The molecule has 1 saturated heterocycles. The zero-order valence-corrected chi connectivity index (χ0v) is 14.5. The van der Waals surface area contributed by atoms with E-state index >= 15 is 0 Å². The summed E-state index contributed by atoms with van der Waals surface area (Å²) in [5, 5.41) is 7.90. The van der Waals surface area contributed by atoms with Crippen LogP contribution in [-0.2, 0) is 0 Å². The van der Waals surface area contributed by atoms with Gasteiger partial charge in [0.25, 0.3) is 0 Å². The van der Waals surface area contributed by atoms with E-state index in [1.165, 1.54) is 34.8 Å². The third kappa shape index (κ3) is 4.13. The molecule has 1 aliphatic rings. The predicted molar refractivity (Wildman–Crippen MR) is 95.0 cm³/mol. The van der Waals surface area contributed by atoms with E-state index in [2.05, 4.69) is 35.1 Å².